The molecule has 0 radical (unpaired) electrons. The summed E-state index contributed by atoms with van der Waals surface area (Å²) in [5.74, 6) is 0.431. The van der Waals surface area contributed by atoms with Gasteiger partial charge in [-0.15, -0.1) is 12.4 Å². The van der Waals surface area contributed by atoms with E-state index in [-0.39, 0.29) is 23.2 Å². The third kappa shape index (κ3) is 5.74. The first-order valence-electron chi connectivity index (χ1n) is 12.4. The SMILES string of the molecule is COc1cccc2sc(N(CCCN(C)C)C(=O)c3ccc(S(=O)(=O)N4CCc5ccccc54)cc3)nc12.Cl. The van der Waals surface area contributed by atoms with Gasteiger partial charge in [-0.1, -0.05) is 35.6 Å². The van der Waals surface area contributed by atoms with Crippen LogP contribution in [-0.2, 0) is 16.4 Å². The number of methoxy groups -OCH3 is 1. The summed E-state index contributed by atoms with van der Waals surface area (Å²) >= 11 is 1.43. The van der Waals surface area contributed by atoms with E-state index in [1.165, 1.54) is 27.8 Å². The first-order valence-corrected chi connectivity index (χ1v) is 14.7. The van der Waals surface area contributed by atoms with Crippen molar-refractivity contribution in [2.24, 2.45) is 0 Å². The van der Waals surface area contributed by atoms with Crippen LogP contribution in [0.4, 0.5) is 10.8 Å². The van der Waals surface area contributed by atoms with E-state index in [2.05, 4.69) is 4.90 Å². The second-order valence-corrected chi connectivity index (χ2v) is 12.3. The van der Waals surface area contributed by atoms with Crippen molar-refractivity contribution in [2.75, 3.05) is 50.0 Å². The van der Waals surface area contributed by atoms with Gasteiger partial charge in [0.15, 0.2) is 5.13 Å². The number of amides is 1. The van der Waals surface area contributed by atoms with Crippen molar-refractivity contribution >= 4 is 60.7 Å². The molecular weight excluding hydrogens is 556 g/mol. The summed E-state index contributed by atoms with van der Waals surface area (Å²) in [5.41, 5.74) is 2.85. The van der Waals surface area contributed by atoms with Crippen LogP contribution < -0.4 is 13.9 Å². The Bertz CT molecular complexity index is 1570. The Labute approximate surface area is 239 Å². The lowest BCUT2D eigenvalue weighted by Crippen LogP contribution is -2.33. The molecule has 1 aliphatic heterocycles. The maximum atomic E-state index is 13.7. The number of anilines is 2. The summed E-state index contributed by atoms with van der Waals surface area (Å²) < 4.78 is 34.6. The van der Waals surface area contributed by atoms with E-state index in [4.69, 9.17) is 9.72 Å². The van der Waals surface area contributed by atoms with Crippen LogP contribution in [0.1, 0.15) is 22.3 Å². The molecule has 4 aromatic rings. The highest BCUT2D eigenvalue weighted by Crippen LogP contribution is 2.35. The number of ether oxygens (including phenoxy) is 1. The van der Waals surface area contributed by atoms with Gasteiger partial charge in [-0.3, -0.25) is 14.0 Å². The number of rotatable bonds is 9. The van der Waals surface area contributed by atoms with E-state index in [1.54, 1.807) is 24.1 Å². The third-order valence-electron chi connectivity index (χ3n) is 6.59. The van der Waals surface area contributed by atoms with Crippen LogP contribution in [-0.4, -0.2) is 65.0 Å². The van der Waals surface area contributed by atoms with E-state index in [1.807, 2.05) is 56.6 Å². The minimum absolute atomic E-state index is 0. The van der Waals surface area contributed by atoms with Crippen LogP contribution in [0.2, 0.25) is 0 Å². The molecule has 0 bridgehead atoms. The van der Waals surface area contributed by atoms with Gasteiger partial charge in [-0.25, -0.2) is 13.4 Å². The van der Waals surface area contributed by atoms with Gasteiger partial charge in [0.25, 0.3) is 15.9 Å². The predicted molar refractivity (Wildman–Crippen MR) is 159 cm³/mol. The molecule has 0 saturated heterocycles. The number of carbonyl (C=O) groups is 1. The zero-order valence-electron chi connectivity index (χ0n) is 22.0. The summed E-state index contributed by atoms with van der Waals surface area (Å²) in [4.78, 5) is 22.4. The number of nitrogens with zero attached hydrogens (tertiary/aromatic N) is 4. The average molecular weight is 587 g/mol. The smallest absolute Gasteiger partial charge is 0.264 e. The molecular formula is C28H31ClN4O4S2. The molecule has 0 fully saturated rings. The van der Waals surface area contributed by atoms with Gasteiger partial charge in [0.2, 0.25) is 0 Å². The monoisotopic (exact) mass is 586 g/mol. The molecule has 206 valence electrons. The van der Waals surface area contributed by atoms with Gasteiger partial charge in [-0.2, -0.15) is 0 Å². The summed E-state index contributed by atoms with van der Waals surface area (Å²) in [5, 5.41) is 0.582. The number of hydrogen-bond acceptors (Lipinski definition) is 7. The standard InChI is InChI=1S/C28H30N4O4S2.ClH/c1-30(2)17-7-18-31(28-29-26-24(36-3)10-6-11-25(26)37-28)27(33)21-12-14-22(15-13-21)38(34,35)32-19-16-20-8-4-5-9-23(20)32;/h4-6,8-15H,7,16-19H2,1-3H3;1H. The molecule has 1 aliphatic rings. The number of para-hydroxylation sites is 2. The van der Waals surface area contributed by atoms with Gasteiger partial charge in [0.05, 0.1) is 22.4 Å². The lowest BCUT2D eigenvalue weighted by molar-refractivity contribution is 0.0986. The van der Waals surface area contributed by atoms with Crippen LogP contribution >= 0.6 is 23.7 Å². The second-order valence-electron chi connectivity index (χ2n) is 9.40. The Morgan fingerprint density at radius 1 is 1.03 bits per heavy atom. The van der Waals surface area contributed by atoms with Gasteiger partial charge in [0.1, 0.15) is 11.3 Å². The number of benzene rings is 3. The lowest BCUT2D eigenvalue weighted by Gasteiger charge is -2.22. The summed E-state index contributed by atoms with van der Waals surface area (Å²) in [6.07, 6.45) is 1.44. The first-order chi connectivity index (χ1) is 18.3. The topological polar surface area (TPSA) is 83.0 Å². The van der Waals surface area contributed by atoms with Crippen LogP contribution in [0.3, 0.4) is 0 Å². The Hall–Kier alpha value is -3.18. The van der Waals surface area contributed by atoms with E-state index < -0.39 is 10.0 Å². The fraction of sp³-hybridized carbons (Fsp3) is 0.286. The van der Waals surface area contributed by atoms with Gasteiger partial charge in [0, 0.05) is 18.7 Å². The largest absolute Gasteiger partial charge is 0.494 e. The number of thiazole rings is 1. The molecule has 5 rings (SSSR count). The highest BCUT2D eigenvalue weighted by Gasteiger charge is 2.31. The van der Waals surface area contributed by atoms with Crippen molar-refractivity contribution < 1.29 is 17.9 Å². The first kappa shape index (κ1) is 28.8. The Kier molecular flexibility index (Phi) is 8.80. The van der Waals surface area contributed by atoms with Crippen LogP contribution in [0.25, 0.3) is 10.2 Å². The second kappa shape index (κ2) is 11.9. The Morgan fingerprint density at radius 2 is 1.77 bits per heavy atom. The molecule has 0 saturated carbocycles. The minimum atomic E-state index is -3.74. The van der Waals surface area contributed by atoms with Crippen molar-refractivity contribution in [3.05, 3.63) is 77.9 Å². The predicted octanol–water partition coefficient (Wildman–Crippen LogP) is 5.08. The van der Waals surface area contributed by atoms with Gasteiger partial charge >= 0.3 is 0 Å². The highest BCUT2D eigenvalue weighted by molar-refractivity contribution is 7.92. The van der Waals surface area contributed by atoms with Gasteiger partial charge < -0.3 is 9.64 Å². The molecule has 3 aromatic carbocycles. The van der Waals surface area contributed by atoms with E-state index in [0.717, 1.165) is 23.2 Å². The number of fused-ring (bicyclic) bond motifs is 2. The van der Waals surface area contributed by atoms with E-state index in [9.17, 15) is 13.2 Å². The summed E-state index contributed by atoms with van der Waals surface area (Å²) in [7, 11) is 1.85. The van der Waals surface area contributed by atoms with Crippen molar-refractivity contribution in [3.8, 4) is 5.75 Å². The Balaban J connectivity index is 0.00000353. The maximum Gasteiger partial charge on any atom is 0.264 e. The van der Waals surface area contributed by atoms with Gasteiger partial charge in [-0.05, 0) is 81.5 Å². The third-order valence-corrected chi connectivity index (χ3v) is 9.46. The molecule has 2 heterocycles. The highest BCUT2D eigenvalue weighted by atomic mass is 35.5. The van der Waals surface area contributed by atoms with Crippen molar-refractivity contribution in [3.63, 3.8) is 0 Å². The molecule has 39 heavy (non-hydrogen) atoms. The molecule has 1 aromatic heterocycles. The van der Waals surface area contributed by atoms with E-state index in [0.29, 0.717) is 47.2 Å². The molecule has 11 heteroatoms. The summed E-state index contributed by atoms with van der Waals surface area (Å²) in [6, 6.07) is 19.5. The normalized spacial score (nSPS) is 12.9. The Morgan fingerprint density at radius 3 is 2.49 bits per heavy atom. The fourth-order valence-corrected chi connectivity index (χ4v) is 7.14. The minimum Gasteiger partial charge on any atom is -0.494 e. The quantitative estimate of drug-likeness (QED) is 0.272. The van der Waals surface area contributed by atoms with E-state index >= 15 is 0 Å². The summed E-state index contributed by atoms with van der Waals surface area (Å²) in [6.45, 7) is 1.69. The van der Waals surface area contributed by atoms with Crippen LogP contribution in [0.5, 0.6) is 5.75 Å². The fourth-order valence-electron chi connectivity index (χ4n) is 4.63. The molecule has 0 atom stereocenters. The maximum absolute atomic E-state index is 13.7. The van der Waals surface area contributed by atoms with Crippen LogP contribution in [0, 0.1) is 0 Å². The molecule has 0 aliphatic carbocycles. The van der Waals surface area contributed by atoms with Crippen molar-refractivity contribution in [1.29, 1.82) is 0 Å². The molecule has 0 unspecified atom stereocenters. The zero-order chi connectivity index (χ0) is 26.9. The molecule has 8 nitrogen and oxygen atoms in total. The number of carbonyl (C=O) groups excluding carboxylic acids is 1. The number of sulfonamides is 1. The zero-order valence-corrected chi connectivity index (χ0v) is 24.5. The molecule has 0 N–H and O–H groups in total. The number of hydrogen-bond donors (Lipinski definition) is 0. The van der Waals surface area contributed by atoms with Crippen molar-refractivity contribution in [2.45, 2.75) is 17.7 Å². The lowest BCUT2D eigenvalue weighted by atomic mass is 10.2. The number of halogens is 1. The average Bonchev–Trinajstić information content (AvgIpc) is 3.55. The molecule has 1 amide bonds. The molecule has 0 spiro atoms. The number of aromatic nitrogens is 1. The van der Waals surface area contributed by atoms with Crippen molar-refractivity contribution in [1.82, 2.24) is 9.88 Å². The van der Waals surface area contributed by atoms with Crippen LogP contribution in [0.15, 0.2) is 71.6 Å².